The third-order valence-electron chi connectivity index (χ3n) is 2.44. The summed E-state index contributed by atoms with van der Waals surface area (Å²) in [5.41, 5.74) is 0. The Morgan fingerprint density at radius 2 is 2.23 bits per heavy atom. The van der Waals surface area contributed by atoms with Gasteiger partial charge in [0.25, 0.3) is 0 Å². The molecule has 0 aliphatic carbocycles. The average Bonchev–Trinajstić information content (AvgIpc) is 2.00. The van der Waals surface area contributed by atoms with Crippen LogP contribution in [0.5, 0.6) is 0 Å². The highest BCUT2D eigenvalue weighted by Gasteiger charge is 2.50. The van der Waals surface area contributed by atoms with Crippen molar-refractivity contribution in [3.8, 4) is 0 Å². The van der Waals surface area contributed by atoms with E-state index in [0.29, 0.717) is 0 Å². The number of nitrogens with one attached hydrogen (secondary N) is 1. The Hall–Kier alpha value is -0.650. The van der Waals surface area contributed by atoms with E-state index in [9.17, 15) is 9.90 Å². The monoisotopic (exact) mass is 187 g/mol. The van der Waals surface area contributed by atoms with Gasteiger partial charge in [-0.15, -0.1) is 0 Å². The fourth-order valence-corrected chi connectivity index (χ4v) is 1.65. The number of fused-ring (bicyclic) bond motifs is 1. The van der Waals surface area contributed by atoms with E-state index in [1.54, 1.807) is 6.92 Å². The van der Waals surface area contributed by atoms with Crippen LogP contribution in [0.15, 0.2) is 0 Å². The molecule has 0 bridgehead atoms. The van der Waals surface area contributed by atoms with Crippen molar-refractivity contribution in [2.75, 3.05) is 0 Å². The highest BCUT2D eigenvalue weighted by molar-refractivity contribution is 5.85. The van der Waals surface area contributed by atoms with Crippen LogP contribution in [0.25, 0.3) is 0 Å². The van der Waals surface area contributed by atoms with Gasteiger partial charge in [0.2, 0.25) is 5.91 Å². The molecule has 0 aromatic carbocycles. The molecule has 0 saturated carbocycles. The van der Waals surface area contributed by atoms with Crippen LogP contribution in [0.4, 0.5) is 0 Å². The molecule has 0 aromatic heterocycles. The standard InChI is InChI=1S/C8H13NO4/c1-3(10)8-12-4(2)5-6(11)9-7(5)13-8/h3-5,7-8,10H,1-2H3,(H,9,11). The third-order valence-corrected chi connectivity index (χ3v) is 2.44. The van der Waals surface area contributed by atoms with Crippen LogP contribution in [0.3, 0.4) is 0 Å². The van der Waals surface area contributed by atoms with Gasteiger partial charge in [-0.1, -0.05) is 0 Å². The summed E-state index contributed by atoms with van der Waals surface area (Å²) in [4.78, 5) is 11.0. The number of rotatable bonds is 1. The van der Waals surface area contributed by atoms with Crippen LogP contribution >= 0.6 is 0 Å². The summed E-state index contributed by atoms with van der Waals surface area (Å²) in [6.45, 7) is 3.41. The maximum Gasteiger partial charge on any atom is 0.232 e. The third kappa shape index (κ3) is 1.33. The Balaban J connectivity index is 2.02. The summed E-state index contributed by atoms with van der Waals surface area (Å²) >= 11 is 0. The second kappa shape index (κ2) is 2.94. The number of β-lactam (4-membered cyclic amide) rings is 1. The SMILES string of the molecule is CC(O)C1OC(C)C2C(=O)NC2O1. The van der Waals surface area contributed by atoms with E-state index < -0.39 is 12.4 Å². The van der Waals surface area contributed by atoms with Crippen molar-refractivity contribution >= 4 is 5.91 Å². The smallest absolute Gasteiger partial charge is 0.232 e. The molecule has 0 spiro atoms. The number of aliphatic hydroxyl groups is 1. The minimum Gasteiger partial charge on any atom is -0.388 e. The van der Waals surface area contributed by atoms with Crippen LogP contribution in [-0.4, -0.2) is 35.7 Å². The van der Waals surface area contributed by atoms with Crippen LogP contribution < -0.4 is 5.32 Å². The number of carbonyl (C=O) groups excluding carboxylic acids is 1. The van der Waals surface area contributed by atoms with Crippen molar-refractivity contribution in [3.05, 3.63) is 0 Å². The summed E-state index contributed by atoms with van der Waals surface area (Å²) in [7, 11) is 0. The maximum atomic E-state index is 11.0. The molecule has 2 aliphatic rings. The van der Waals surface area contributed by atoms with Gasteiger partial charge in [0.05, 0.1) is 6.10 Å². The van der Waals surface area contributed by atoms with E-state index in [0.717, 1.165) is 0 Å². The Labute approximate surface area is 76.0 Å². The second-order valence-corrected chi connectivity index (χ2v) is 3.54. The normalized spacial score (nSPS) is 45.9. The van der Waals surface area contributed by atoms with Gasteiger partial charge in [-0.3, -0.25) is 4.79 Å². The summed E-state index contributed by atoms with van der Waals surface area (Å²) < 4.78 is 10.6. The van der Waals surface area contributed by atoms with Gasteiger partial charge in [-0.25, -0.2) is 0 Å². The van der Waals surface area contributed by atoms with Crippen LogP contribution in [0.1, 0.15) is 13.8 Å². The van der Waals surface area contributed by atoms with Crippen molar-refractivity contribution in [3.63, 3.8) is 0 Å². The van der Waals surface area contributed by atoms with Crippen LogP contribution in [0.2, 0.25) is 0 Å². The molecule has 2 fully saturated rings. The fraction of sp³-hybridized carbons (Fsp3) is 0.875. The first-order chi connectivity index (χ1) is 6.09. The van der Waals surface area contributed by atoms with E-state index >= 15 is 0 Å². The molecular formula is C8H13NO4. The van der Waals surface area contributed by atoms with Gasteiger partial charge < -0.3 is 19.9 Å². The minimum absolute atomic E-state index is 0.0402. The molecule has 0 radical (unpaired) electrons. The molecule has 5 atom stereocenters. The largest absolute Gasteiger partial charge is 0.388 e. The van der Waals surface area contributed by atoms with Gasteiger partial charge in [-0.2, -0.15) is 0 Å². The lowest BCUT2D eigenvalue weighted by Gasteiger charge is -2.47. The molecule has 0 aromatic rings. The minimum atomic E-state index is -0.680. The summed E-state index contributed by atoms with van der Waals surface area (Å²) in [6.07, 6.45) is -1.78. The summed E-state index contributed by atoms with van der Waals surface area (Å²) in [5, 5.41) is 11.8. The first-order valence-corrected chi connectivity index (χ1v) is 4.39. The molecule has 5 nitrogen and oxygen atoms in total. The summed E-state index contributed by atoms with van der Waals surface area (Å²) in [6, 6.07) is 0. The van der Waals surface area contributed by atoms with Crippen molar-refractivity contribution in [1.82, 2.24) is 5.32 Å². The van der Waals surface area contributed by atoms with Crippen molar-refractivity contribution < 1.29 is 19.4 Å². The van der Waals surface area contributed by atoms with Gasteiger partial charge in [0, 0.05) is 0 Å². The Morgan fingerprint density at radius 1 is 1.54 bits per heavy atom. The molecule has 74 valence electrons. The van der Waals surface area contributed by atoms with Gasteiger partial charge in [-0.05, 0) is 13.8 Å². The van der Waals surface area contributed by atoms with E-state index in [1.165, 1.54) is 0 Å². The Morgan fingerprint density at radius 3 is 2.69 bits per heavy atom. The molecular weight excluding hydrogens is 174 g/mol. The number of aliphatic hydroxyl groups excluding tert-OH is 1. The predicted molar refractivity (Wildman–Crippen MR) is 42.5 cm³/mol. The Kier molecular flexibility index (Phi) is 2.02. The van der Waals surface area contributed by atoms with E-state index in [4.69, 9.17) is 9.47 Å². The van der Waals surface area contributed by atoms with E-state index in [2.05, 4.69) is 5.32 Å². The molecule has 2 rings (SSSR count). The highest BCUT2D eigenvalue weighted by Crippen LogP contribution is 2.30. The maximum absolute atomic E-state index is 11.0. The number of hydrogen-bond acceptors (Lipinski definition) is 4. The van der Waals surface area contributed by atoms with Crippen molar-refractivity contribution in [2.24, 2.45) is 5.92 Å². The molecule has 2 aliphatic heterocycles. The zero-order valence-corrected chi connectivity index (χ0v) is 7.56. The number of amides is 1. The lowest BCUT2D eigenvalue weighted by molar-refractivity contribution is -0.306. The zero-order valence-electron chi connectivity index (χ0n) is 7.56. The number of hydrogen-bond donors (Lipinski definition) is 2. The summed E-state index contributed by atoms with van der Waals surface area (Å²) in [5.74, 6) is -0.253. The van der Waals surface area contributed by atoms with Crippen LogP contribution in [-0.2, 0) is 14.3 Å². The topological polar surface area (TPSA) is 67.8 Å². The molecule has 13 heavy (non-hydrogen) atoms. The molecule has 2 saturated heterocycles. The average molecular weight is 187 g/mol. The molecule has 5 unspecified atom stereocenters. The molecule has 1 amide bonds. The highest BCUT2D eigenvalue weighted by atomic mass is 16.7. The second-order valence-electron chi connectivity index (χ2n) is 3.54. The quantitative estimate of drug-likeness (QED) is 0.527. The van der Waals surface area contributed by atoms with Gasteiger partial charge in [0.1, 0.15) is 18.2 Å². The van der Waals surface area contributed by atoms with Crippen molar-refractivity contribution in [1.29, 1.82) is 0 Å². The Bertz CT molecular complexity index is 222. The lowest BCUT2D eigenvalue weighted by atomic mass is 9.92. The number of ether oxygens (including phenoxy) is 2. The molecule has 2 N–H and O–H groups in total. The van der Waals surface area contributed by atoms with E-state index in [-0.39, 0.29) is 24.2 Å². The van der Waals surface area contributed by atoms with Crippen LogP contribution in [0, 0.1) is 5.92 Å². The first-order valence-electron chi connectivity index (χ1n) is 4.39. The lowest BCUT2D eigenvalue weighted by Crippen LogP contribution is -2.68. The zero-order chi connectivity index (χ0) is 9.59. The molecule has 2 heterocycles. The number of carbonyl (C=O) groups is 1. The van der Waals surface area contributed by atoms with Gasteiger partial charge in [0.15, 0.2) is 6.29 Å². The van der Waals surface area contributed by atoms with Crippen molar-refractivity contribution in [2.45, 2.75) is 38.6 Å². The molecule has 5 heteroatoms. The first kappa shape index (κ1) is 8.93. The van der Waals surface area contributed by atoms with E-state index in [1.807, 2.05) is 6.92 Å². The fourth-order valence-electron chi connectivity index (χ4n) is 1.65. The predicted octanol–water partition coefficient (Wildman–Crippen LogP) is -0.799. The van der Waals surface area contributed by atoms with Gasteiger partial charge >= 0.3 is 0 Å².